The monoisotopic (exact) mass is 478 g/mol. The van der Waals surface area contributed by atoms with E-state index in [2.05, 4.69) is 12.1 Å². The number of rotatable bonds is 3. The molecule has 0 aliphatic carbocycles. The van der Waals surface area contributed by atoms with Crippen molar-refractivity contribution in [3.05, 3.63) is 65.7 Å². The number of hydrogen-bond donors (Lipinski definition) is 0. The molecule has 0 aromatic heterocycles. The van der Waals surface area contributed by atoms with Crippen LogP contribution in [0, 0.1) is 5.41 Å². The van der Waals surface area contributed by atoms with E-state index in [9.17, 15) is 9.59 Å². The molecule has 6 heteroatoms. The van der Waals surface area contributed by atoms with Gasteiger partial charge in [0.2, 0.25) is 5.91 Å². The van der Waals surface area contributed by atoms with Gasteiger partial charge in [-0.25, -0.2) is 0 Å². The number of nitrogens with zero attached hydrogens (tertiary/aromatic N) is 2. The number of amides is 2. The van der Waals surface area contributed by atoms with Gasteiger partial charge in [-0.1, -0.05) is 48.9 Å². The Bertz CT molecular complexity index is 970. The first-order valence-electron chi connectivity index (χ1n) is 12.9. The van der Waals surface area contributed by atoms with Crippen LogP contribution in [0.3, 0.4) is 0 Å². The quantitative estimate of drug-likeness (QED) is 0.648. The molecule has 2 heterocycles. The number of para-hydroxylation sites is 1. The van der Waals surface area contributed by atoms with Crippen molar-refractivity contribution in [2.75, 3.05) is 46.5 Å². The Morgan fingerprint density at radius 3 is 2.46 bits per heavy atom. The fraction of sp³-hybridized carbons (Fsp3) is 0.517. The number of aryl methyl sites for hydroxylation is 1. The number of fused-ring (bicyclic) bond motifs is 1. The summed E-state index contributed by atoms with van der Waals surface area (Å²) in [5, 5.41) is 0. The fourth-order valence-corrected chi connectivity index (χ4v) is 5.07. The van der Waals surface area contributed by atoms with E-state index in [1.54, 1.807) is 11.9 Å². The van der Waals surface area contributed by atoms with Crippen molar-refractivity contribution in [2.45, 2.75) is 44.9 Å². The molecule has 0 N–H and O–H groups in total. The minimum atomic E-state index is -0.0471. The van der Waals surface area contributed by atoms with Crippen LogP contribution in [0.5, 0.6) is 5.75 Å². The van der Waals surface area contributed by atoms with E-state index in [0.717, 1.165) is 51.6 Å². The van der Waals surface area contributed by atoms with E-state index in [1.807, 2.05) is 47.4 Å². The van der Waals surface area contributed by atoms with Crippen molar-refractivity contribution in [2.24, 2.45) is 5.41 Å². The second kappa shape index (κ2) is 12.2. The highest BCUT2D eigenvalue weighted by atomic mass is 16.5. The lowest BCUT2D eigenvalue weighted by Gasteiger charge is -2.42. The third-order valence-corrected chi connectivity index (χ3v) is 7.46. The van der Waals surface area contributed by atoms with Crippen LogP contribution >= 0.6 is 0 Å². The highest BCUT2D eigenvalue weighted by Crippen LogP contribution is 2.38. The third-order valence-electron chi connectivity index (χ3n) is 7.46. The van der Waals surface area contributed by atoms with Crippen LogP contribution in [0.1, 0.15) is 54.4 Å². The molecule has 0 unspecified atom stereocenters. The lowest BCUT2D eigenvalue weighted by atomic mass is 9.75. The molecule has 2 aromatic carbocycles. The smallest absolute Gasteiger partial charge is 0.257 e. The molecule has 2 aliphatic rings. The molecule has 2 amide bonds. The maximum atomic E-state index is 13.0. The summed E-state index contributed by atoms with van der Waals surface area (Å²) in [4.78, 5) is 29.6. The molecule has 35 heavy (non-hydrogen) atoms. The number of likely N-dealkylation sites (tertiary alicyclic amines) is 1. The molecule has 188 valence electrons. The molecule has 1 fully saturated rings. The van der Waals surface area contributed by atoms with E-state index in [4.69, 9.17) is 9.47 Å². The van der Waals surface area contributed by atoms with E-state index < -0.39 is 0 Å². The van der Waals surface area contributed by atoms with Crippen molar-refractivity contribution in [3.63, 3.8) is 0 Å². The zero-order chi connectivity index (χ0) is 24.5. The van der Waals surface area contributed by atoms with Crippen LogP contribution in [0.25, 0.3) is 0 Å². The van der Waals surface area contributed by atoms with E-state index in [1.165, 1.54) is 5.56 Å². The molecule has 1 spiro atoms. The van der Waals surface area contributed by atoms with Crippen molar-refractivity contribution in [1.29, 1.82) is 0 Å². The number of benzene rings is 2. The predicted octanol–water partition coefficient (Wildman–Crippen LogP) is 4.58. The summed E-state index contributed by atoms with van der Waals surface area (Å²) in [6.45, 7) is 3.89. The SMILES string of the molecule is CN1CCOCCCCC2(CCN(C(=O)CCc3ccccc3)CC2)COc2ccccc2C1=O. The largest absolute Gasteiger partial charge is 0.492 e. The first-order chi connectivity index (χ1) is 17.1. The molecule has 2 aliphatic heterocycles. The Morgan fingerprint density at radius 1 is 0.914 bits per heavy atom. The van der Waals surface area contributed by atoms with Crippen LogP contribution in [0.4, 0.5) is 0 Å². The van der Waals surface area contributed by atoms with Crippen LogP contribution in [0.2, 0.25) is 0 Å². The molecule has 1 saturated heterocycles. The van der Waals surface area contributed by atoms with Gasteiger partial charge < -0.3 is 19.3 Å². The van der Waals surface area contributed by atoms with Crippen molar-refractivity contribution in [3.8, 4) is 5.75 Å². The zero-order valence-electron chi connectivity index (χ0n) is 20.9. The lowest BCUT2D eigenvalue weighted by molar-refractivity contribution is -0.134. The van der Waals surface area contributed by atoms with E-state index in [-0.39, 0.29) is 17.2 Å². The molecule has 0 radical (unpaired) electrons. The average Bonchev–Trinajstić information content (AvgIpc) is 2.90. The van der Waals surface area contributed by atoms with Crippen LogP contribution in [-0.2, 0) is 16.0 Å². The van der Waals surface area contributed by atoms with Crippen molar-refractivity contribution in [1.82, 2.24) is 9.80 Å². The van der Waals surface area contributed by atoms with Gasteiger partial charge >= 0.3 is 0 Å². The fourth-order valence-electron chi connectivity index (χ4n) is 5.07. The Labute approximate surface area is 209 Å². The number of piperidine rings is 1. The molecule has 4 rings (SSSR count). The number of likely N-dealkylation sites (N-methyl/N-ethyl adjacent to an activating group) is 1. The molecule has 6 nitrogen and oxygen atoms in total. The summed E-state index contributed by atoms with van der Waals surface area (Å²) in [6, 6.07) is 17.7. The van der Waals surface area contributed by atoms with Crippen molar-refractivity contribution < 1.29 is 19.1 Å². The Balaban J connectivity index is 1.41. The minimum Gasteiger partial charge on any atom is -0.492 e. The summed E-state index contributed by atoms with van der Waals surface area (Å²) in [5.74, 6) is 0.829. The molecule has 2 aromatic rings. The molecule has 0 atom stereocenters. The van der Waals surface area contributed by atoms with Gasteiger partial charge in [-0.15, -0.1) is 0 Å². The predicted molar refractivity (Wildman–Crippen MR) is 137 cm³/mol. The lowest BCUT2D eigenvalue weighted by Crippen LogP contribution is -2.45. The topological polar surface area (TPSA) is 59.1 Å². The van der Waals surface area contributed by atoms with Gasteiger partial charge in [0.05, 0.1) is 18.8 Å². The summed E-state index contributed by atoms with van der Waals surface area (Å²) in [7, 11) is 1.81. The molecule has 0 bridgehead atoms. The van der Waals surface area contributed by atoms with Gasteiger partial charge in [0.1, 0.15) is 5.75 Å². The molecular formula is C29H38N2O4. The highest BCUT2D eigenvalue weighted by molar-refractivity contribution is 5.96. The number of carbonyl (C=O) groups excluding carboxylic acids is 2. The van der Waals surface area contributed by atoms with Crippen LogP contribution < -0.4 is 4.74 Å². The van der Waals surface area contributed by atoms with Gasteiger partial charge in [0.15, 0.2) is 0 Å². The van der Waals surface area contributed by atoms with Gasteiger partial charge in [-0.3, -0.25) is 9.59 Å². The van der Waals surface area contributed by atoms with E-state index in [0.29, 0.717) is 44.1 Å². The number of carbonyl (C=O) groups is 2. The molecule has 0 saturated carbocycles. The van der Waals surface area contributed by atoms with Crippen LogP contribution in [0.15, 0.2) is 54.6 Å². The second-order valence-electron chi connectivity index (χ2n) is 9.95. The normalized spacial score (nSPS) is 19.5. The number of hydrogen-bond acceptors (Lipinski definition) is 4. The standard InChI is InChI=1S/C29H38N2O4/c1-30-20-22-34-21-8-7-15-29(23-35-26-12-6-5-11-25(26)28(30)33)16-18-31(19-17-29)27(32)14-13-24-9-3-2-4-10-24/h2-6,9-12H,7-8,13-23H2,1H3. The summed E-state index contributed by atoms with van der Waals surface area (Å²) >= 11 is 0. The minimum absolute atomic E-state index is 0.00237. The van der Waals surface area contributed by atoms with Gasteiger partial charge in [-0.05, 0) is 49.8 Å². The average molecular weight is 479 g/mol. The van der Waals surface area contributed by atoms with Gasteiger partial charge in [0, 0.05) is 45.1 Å². The summed E-state index contributed by atoms with van der Waals surface area (Å²) in [5.41, 5.74) is 1.80. The highest BCUT2D eigenvalue weighted by Gasteiger charge is 2.36. The van der Waals surface area contributed by atoms with Gasteiger partial charge in [0.25, 0.3) is 5.91 Å². The summed E-state index contributed by atoms with van der Waals surface area (Å²) < 4.78 is 12.2. The Kier molecular flexibility index (Phi) is 8.80. The third kappa shape index (κ3) is 6.85. The Morgan fingerprint density at radius 2 is 1.66 bits per heavy atom. The molecular weight excluding hydrogens is 440 g/mol. The Hall–Kier alpha value is -2.86. The summed E-state index contributed by atoms with van der Waals surface area (Å²) in [6.07, 6.45) is 6.27. The second-order valence-corrected chi connectivity index (χ2v) is 9.95. The van der Waals surface area contributed by atoms with Crippen molar-refractivity contribution >= 4 is 11.8 Å². The number of ether oxygens (including phenoxy) is 2. The first kappa shape index (κ1) is 25.2. The maximum absolute atomic E-state index is 13.0. The first-order valence-corrected chi connectivity index (χ1v) is 12.9. The zero-order valence-corrected chi connectivity index (χ0v) is 20.9. The van der Waals surface area contributed by atoms with Gasteiger partial charge in [-0.2, -0.15) is 0 Å². The van der Waals surface area contributed by atoms with E-state index >= 15 is 0 Å². The van der Waals surface area contributed by atoms with Crippen LogP contribution in [-0.4, -0.2) is 68.1 Å². The maximum Gasteiger partial charge on any atom is 0.257 e.